The van der Waals surface area contributed by atoms with Gasteiger partial charge in [0.1, 0.15) is 0 Å². The quantitative estimate of drug-likeness (QED) is 0.543. The number of hydrogen-bond acceptors (Lipinski definition) is 3. The van der Waals surface area contributed by atoms with Crippen molar-refractivity contribution in [3.05, 3.63) is 53.9 Å². The lowest BCUT2D eigenvalue weighted by atomic mass is 10.1. The van der Waals surface area contributed by atoms with E-state index in [4.69, 9.17) is 11.5 Å². The highest BCUT2D eigenvalue weighted by Crippen LogP contribution is 2.21. The van der Waals surface area contributed by atoms with Crippen LogP contribution >= 0.6 is 0 Å². The average Bonchev–Trinajstić information content (AvgIpc) is 2.88. The maximum absolute atomic E-state index is 11.9. The molecule has 22 heavy (non-hydrogen) atoms. The molecule has 1 aromatic heterocycles. The molecule has 0 unspecified atom stereocenters. The van der Waals surface area contributed by atoms with E-state index >= 15 is 0 Å². The number of benzene rings is 2. The number of nitrogens with two attached hydrogens (primary N) is 2. The van der Waals surface area contributed by atoms with E-state index in [0.29, 0.717) is 5.69 Å². The molecule has 110 valence electrons. The number of fused-ring (bicyclic) bond motifs is 1. The Labute approximate surface area is 126 Å². The molecule has 4 N–H and O–H groups in total. The molecule has 0 spiro atoms. The van der Waals surface area contributed by atoms with E-state index < -0.39 is 5.91 Å². The number of aliphatic imine (C=N–C) groups is 1. The van der Waals surface area contributed by atoms with Crippen molar-refractivity contribution < 1.29 is 4.79 Å². The molecule has 0 saturated heterocycles. The molecule has 0 fully saturated rings. The third-order valence-corrected chi connectivity index (χ3v) is 3.20. The molecule has 0 aliphatic heterocycles. The van der Waals surface area contributed by atoms with Crippen molar-refractivity contribution in [2.24, 2.45) is 16.5 Å². The number of guanidine groups is 1. The molecule has 0 aliphatic carbocycles. The molecule has 1 amide bonds. The van der Waals surface area contributed by atoms with E-state index in [1.807, 2.05) is 42.5 Å². The molecular formula is C15H14N6O. The molecule has 0 aliphatic rings. The monoisotopic (exact) mass is 294 g/mol. The van der Waals surface area contributed by atoms with Gasteiger partial charge in [0.2, 0.25) is 0 Å². The number of amides is 1. The summed E-state index contributed by atoms with van der Waals surface area (Å²) in [6, 6.07) is 13.7. The Hall–Kier alpha value is -3.22. The zero-order valence-electron chi connectivity index (χ0n) is 11.9. The van der Waals surface area contributed by atoms with Gasteiger partial charge in [-0.05, 0) is 18.4 Å². The number of rotatable bonds is 2. The van der Waals surface area contributed by atoms with Crippen LogP contribution in [0.1, 0.15) is 16.2 Å². The third-order valence-electron chi connectivity index (χ3n) is 3.20. The van der Waals surface area contributed by atoms with E-state index in [0.717, 1.165) is 16.5 Å². The van der Waals surface area contributed by atoms with Gasteiger partial charge in [-0.2, -0.15) is 10.1 Å². The molecule has 2 aromatic carbocycles. The second kappa shape index (κ2) is 5.28. The van der Waals surface area contributed by atoms with Crippen molar-refractivity contribution in [3.63, 3.8) is 0 Å². The molecule has 0 radical (unpaired) electrons. The Bertz CT molecular complexity index is 887. The minimum atomic E-state index is -0.607. The number of carbonyl (C=O) groups excluding carboxylic acids is 1. The van der Waals surface area contributed by atoms with Gasteiger partial charge < -0.3 is 11.5 Å². The largest absolute Gasteiger partial charge is 0.370 e. The Kier molecular flexibility index (Phi) is 3.30. The van der Waals surface area contributed by atoms with E-state index in [9.17, 15) is 4.79 Å². The smallest absolute Gasteiger partial charge is 0.302 e. The standard InChI is InChI=1S/C15H14N6O/c1-9-13(14(22)18-15(16)17)20-21(19-9)12-8-4-6-10-5-2-3-7-11(10)12/h2-8H,1H3,(H4,16,17,18,22). The lowest BCUT2D eigenvalue weighted by Crippen LogP contribution is -2.24. The van der Waals surface area contributed by atoms with Gasteiger partial charge in [-0.15, -0.1) is 9.90 Å². The first kappa shape index (κ1) is 13.7. The lowest BCUT2D eigenvalue weighted by Gasteiger charge is -2.04. The van der Waals surface area contributed by atoms with Crippen molar-refractivity contribution in [1.29, 1.82) is 0 Å². The van der Waals surface area contributed by atoms with Gasteiger partial charge >= 0.3 is 5.91 Å². The molecular weight excluding hydrogens is 280 g/mol. The second-order valence-corrected chi connectivity index (χ2v) is 4.76. The van der Waals surface area contributed by atoms with Gasteiger partial charge in [0.15, 0.2) is 11.7 Å². The lowest BCUT2D eigenvalue weighted by molar-refractivity contribution is 0.0997. The van der Waals surface area contributed by atoms with Crippen LogP contribution in [-0.4, -0.2) is 26.9 Å². The summed E-state index contributed by atoms with van der Waals surface area (Å²) in [5.41, 5.74) is 11.8. The van der Waals surface area contributed by atoms with Crippen molar-refractivity contribution in [3.8, 4) is 5.69 Å². The fraction of sp³-hybridized carbons (Fsp3) is 0.0667. The molecule has 3 rings (SSSR count). The van der Waals surface area contributed by atoms with Crippen LogP contribution < -0.4 is 11.5 Å². The Morgan fingerprint density at radius 3 is 2.59 bits per heavy atom. The maximum atomic E-state index is 11.9. The van der Waals surface area contributed by atoms with Crippen LogP contribution in [0.5, 0.6) is 0 Å². The van der Waals surface area contributed by atoms with Crippen molar-refractivity contribution in [2.45, 2.75) is 6.92 Å². The fourth-order valence-corrected chi connectivity index (χ4v) is 2.24. The first-order valence-electron chi connectivity index (χ1n) is 6.62. The summed E-state index contributed by atoms with van der Waals surface area (Å²) in [6.45, 7) is 1.68. The zero-order chi connectivity index (χ0) is 15.7. The highest BCUT2D eigenvalue weighted by Gasteiger charge is 2.16. The summed E-state index contributed by atoms with van der Waals surface area (Å²) in [5.74, 6) is -0.909. The van der Waals surface area contributed by atoms with Crippen LogP contribution in [0, 0.1) is 6.92 Å². The third kappa shape index (κ3) is 2.39. The highest BCUT2D eigenvalue weighted by atomic mass is 16.1. The Morgan fingerprint density at radius 2 is 1.82 bits per heavy atom. The minimum Gasteiger partial charge on any atom is -0.370 e. The summed E-state index contributed by atoms with van der Waals surface area (Å²) in [6.07, 6.45) is 0. The van der Waals surface area contributed by atoms with Gasteiger partial charge in [-0.3, -0.25) is 4.79 Å². The summed E-state index contributed by atoms with van der Waals surface area (Å²) in [7, 11) is 0. The van der Waals surface area contributed by atoms with E-state index in [-0.39, 0.29) is 11.7 Å². The van der Waals surface area contributed by atoms with E-state index in [1.54, 1.807) is 6.92 Å². The van der Waals surface area contributed by atoms with Crippen molar-refractivity contribution in [2.75, 3.05) is 0 Å². The predicted molar refractivity (Wildman–Crippen MR) is 83.7 cm³/mol. The van der Waals surface area contributed by atoms with Crippen molar-refractivity contribution >= 4 is 22.6 Å². The summed E-state index contributed by atoms with van der Waals surface area (Å²) < 4.78 is 0. The van der Waals surface area contributed by atoms with Crippen LogP contribution in [0.3, 0.4) is 0 Å². The SMILES string of the molecule is Cc1nn(-c2cccc3ccccc23)nc1C(=O)N=C(N)N. The Balaban J connectivity index is 2.13. The number of nitrogens with zero attached hydrogens (tertiary/aromatic N) is 4. The van der Waals surface area contributed by atoms with Crippen LogP contribution in [0.25, 0.3) is 16.5 Å². The summed E-state index contributed by atoms with van der Waals surface area (Å²) in [5, 5.41) is 10.6. The number of aromatic nitrogens is 3. The molecule has 7 nitrogen and oxygen atoms in total. The number of aryl methyl sites for hydroxylation is 1. The van der Waals surface area contributed by atoms with E-state index in [1.165, 1.54) is 4.80 Å². The van der Waals surface area contributed by atoms with E-state index in [2.05, 4.69) is 15.2 Å². The van der Waals surface area contributed by atoms with Crippen LogP contribution in [-0.2, 0) is 0 Å². The van der Waals surface area contributed by atoms with Crippen LogP contribution in [0.4, 0.5) is 0 Å². The van der Waals surface area contributed by atoms with Gasteiger partial charge in [0, 0.05) is 5.39 Å². The Morgan fingerprint density at radius 1 is 1.09 bits per heavy atom. The average molecular weight is 294 g/mol. The molecule has 1 heterocycles. The number of hydrogen-bond donors (Lipinski definition) is 2. The maximum Gasteiger partial charge on any atom is 0.302 e. The van der Waals surface area contributed by atoms with Gasteiger partial charge in [-0.25, -0.2) is 0 Å². The molecule has 3 aromatic rings. The van der Waals surface area contributed by atoms with Crippen molar-refractivity contribution in [1.82, 2.24) is 15.0 Å². The first-order valence-corrected chi connectivity index (χ1v) is 6.62. The first-order chi connectivity index (χ1) is 10.6. The van der Waals surface area contributed by atoms with Gasteiger partial charge in [0.05, 0.1) is 11.4 Å². The van der Waals surface area contributed by atoms with Crippen LogP contribution in [0.15, 0.2) is 47.5 Å². The van der Waals surface area contributed by atoms with Gasteiger partial charge in [0.25, 0.3) is 0 Å². The predicted octanol–water partition coefficient (Wildman–Crippen LogP) is 1.14. The minimum absolute atomic E-state index is 0.126. The number of carbonyl (C=O) groups is 1. The normalized spacial score (nSPS) is 10.6. The second-order valence-electron chi connectivity index (χ2n) is 4.76. The summed E-state index contributed by atoms with van der Waals surface area (Å²) in [4.78, 5) is 16.8. The molecule has 7 heteroatoms. The topological polar surface area (TPSA) is 112 Å². The highest BCUT2D eigenvalue weighted by molar-refractivity contribution is 6.01. The molecule has 0 saturated carbocycles. The summed E-state index contributed by atoms with van der Waals surface area (Å²) >= 11 is 0. The molecule has 0 atom stereocenters. The zero-order valence-corrected chi connectivity index (χ0v) is 11.9. The van der Waals surface area contributed by atoms with Gasteiger partial charge in [-0.1, -0.05) is 36.4 Å². The molecule has 0 bridgehead atoms. The van der Waals surface area contributed by atoms with Crippen LogP contribution in [0.2, 0.25) is 0 Å². The fourth-order valence-electron chi connectivity index (χ4n) is 2.24.